The summed E-state index contributed by atoms with van der Waals surface area (Å²) in [4.78, 5) is 25.0. The molecule has 30 heavy (non-hydrogen) atoms. The molecule has 0 radical (unpaired) electrons. The van der Waals surface area contributed by atoms with Gasteiger partial charge < -0.3 is 4.74 Å². The number of ether oxygens (including phenoxy) is 1. The van der Waals surface area contributed by atoms with Crippen LogP contribution in [0.4, 0.5) is 0 Å². The van der Waals surface area contributed by atoms with Crippen molar-refractivity contribution in [2.45, 2.75) is 39.2 Å². The molecule has 0 aliphatic rings. The van der Waals surface area contributed by atoms with Crippen LogP contribution in [-0.2, 0) is 12.0 Å². The first kappa shape index (κ1) is 22.0. The maximum Gasteiger partial charge on any atom is 0.170 e. The second-order valence-corrected chi connectivity index (χ2v) is 9.21. The first-order valence-electron chi connectivity index (χ1n) is 9.86. The van der Waals surface area contributed by atoms with Crippen LogP contribution in [0, 0.1) is 0 Å². The first-order chi connectivity index (χ1) is 14.2. The number of benzene rings is 3. The quantitative estimate of drug-likeness (QED) is 0.285. The summed E-state index contributed by atoms with van der Waals surface area (Å²) in [6.07, 6.45) is -0.145. The van der Waals surface area contributed by atoms with Crippen molar-refractivity contribution in [2.75, 3.05) is 0 Å². The summed E-state index contributed by atoms with van der Waals surface area (Å²) < 4.78 is 6.78. The van der Waals surface area contributed by atoms with Crippen LogP contribution in [0.5, 0.6) is 5.75 Å². The minimum Gasteiger partial charge on any atom is -0.489 e. The minimum atomic E-state index is -0.195. The number of halogens is 1. The third-order valence-corrected chi connectivity index (χ3v) is 5.42. The molecular formula is C26H25BrO3. The van der Waals surface area contributed by atoms with E-state index in [0.717, 1.165) is 15.6 Å². The highest BCUT2D eigenvalue weighted by Crippen LogP contribution is 2.23. The monoisotopic (exact) mass is 464 g/mol. The van der Waals surface area contributed by atoms with E-state index < -0.39 is 0 Å². The van der Waals surface area contributed by atoms with Gasteiger partial charge in [-0.25, -0.2) is 0 Å². The lowest BCUT2D eigenvalue weighted by Crippen LogP contribution is -2.12. The van der Waals surface area contributed by atoms with Crippen molar-refractivity contribution in [1.82, 2.24) is 0 Å². The van der Waals surface area contributed by atoms with Gasteiger partial charge in [0.05, 0.1) is 6.42 Å². The molecule has 3 aromatic carbocycles. The van der Waals surface area contributed by atoms with Crippen molar-refractivity contribution in [2.24, 2.45) is 0 Å². The van der Waals surface area contributed by atoms with Gasteiger partial charge in [-0.05, 0) is 52.9 Å². The van der Waals surface area contributed by atoms with Gasteiger partial charge in [0.25, 0.3) is 0 Å². The van der Waals surface area contributed by atoms with E-state index in [2.05, 4.69) is 36.7 Å². The number of hydrogen-bond acceptors (Lipinski definition) is 3. The van der Waals surface area contributed by atoms with Crippen LogP contribution in [0.25, 0.3) is 0 Å². The normalized spacial score (nSPS) is 11.2. The zero-order valence-electron chi connectivity index (χ0n) is 17.4. The largest absolute Gasteiger partial charge is 0.489 e. The van der Waals surface area contributed by atoms with Gasteiger partial charge in [-0.1, -0.05) is 73.1 Å². The Kier molecular flexibility index (Phi) is 6.88. The molecule has 0 spiro atoms. The van der Waals surface area contributed by atoms with Crippen LogP contribution >= 0.6 is 15.9 Å². The standard InChI is InChI=1S/C26H25BrO3/c1-26(2,3)21-10-6-19(7-11-21)24(28)16-25(29)20-8-14-23(15-9-20)30-17-18-4-12-22(27)13-5-18/h4-15H,16-17H2,1-3H3. The van der Waals surface area contributed by atoms with E-state index >= 15 is 0 Å². The highest BCUT2D eigenvalue weighted by Gasteiger charge is 2.16. The summed E-state index contributed by atoms with van der Waals surface area (Å²) >= 11 is 3.41. The second kappa shape index (κ2) is 9.40. The third-order valence-electron chi connectivity index (χ3n) is 4.89. The maximum atomic E-state index is 12.5. The minimum absolute atomic E-state index is 0.0264. The molecule has 0 saturated heterocycles. The molecule has 0 aliphatic heterocycles. The van der Waals surface area contributed by atoms with Crippen molar-refractivity contribution in [3.8, 4) is 5.75 Å². The highest BCUT2D eigenvalue weighted by atomic mass is 79.9. The van der Waals surface area contributed by atoms with Gasteiger partial charge in [0, 0.05) is 15.6 Å². The van der Waals surface area contributed by atoms with E-state index in [1.807, 2.05) is 36.4 Å². The molecule has 0 aromatic heterocycles. The van der Waals surface area contributed by atoms with Crippen molar-refractivity contribution >= 4 is 27.5 Å². The van der Waals surface area contributed by atoms with Crippen molar-refractivity contribution < 1.29 is 14.3 Å². The van der Waals surface area contributed by atoms with Crippen molar-refractivity contribution in [3.05, 3.63) is 99.5 Å². The Balaban J connectivity index is 1.57. The number of hydrogen-bond donors (Lipinski definition) is 0. The Morgan fingerprint density at radius 3 is 1.77 bits per heavy atom. The van der Waals surface area contributed by atoms with E-state index in [-0.39, 0.29) is 23.4 Å². The fourth-order valence-corrected chi connectivity index (χ4v) is 3.25. The van der Waals surface area contributed by atoms with Gasteiger partial charge >= 0.3 is 0 Å². The number of ketones is 2. The molecule has 0 unspecified atom stereocenters. The predicted molar refractivity (Wildman–Crippen MR) is 123 cm³/mol. The summed E-state index contributed by atoms with van der Waals surface area (Å²) in [6.45, 7) is 6.82. The van der Waals surface area contributed by atoms with E-state index in [4.69, 9.17) is 4.74 Å². The smallest absolute Gasteiger partial charge is 0.170 e. The summed E-state index contributed by atoms with van der Waals surface area (Å²) in [5.74, 6) is 0.314. The predicted octanol–water partition coefficient (Wildman–Crippen LogP) is 6.78. The molecule has 4 heteroatoms. The highest BCUT2D eigenvalue weighted by molar-refractivity contribution is 9.10. The van der Waals surface area contributed by atoms with Gasteiger partial charge in [0.15, 0.2) is 11.6 Å². The average molecular weight is 465 g/mol. The molecule has 0 heterocycles. The molecule has 3 rings (SSSR count). The molecule has 0 atom stereocenters. The van der Waals surface area contributed by atoms with E-state index in [9.17, 15) is 9.59 Å². The van der Waals surface area contributed by atoms with Gasteiger partial charge in [-0.15, -0.1) is 0 Å². The number of Topliss-reactive ketones (excluding diaryl/α,β-unsaturated/α-hetero) is 2. The molecule has 154 valence electrons. The lowest BCUT2D eigenvalue weighted by Gasteiger charge is -2.18. The van der Waals surface area contributed by atoms with Crippen LogP contribution < -0.4 is 4.74 Å². The number of rotatable bonds is 7. The van der Waals surface area contributed by atoms with Crippen LogP contribution in [0.3, 0.4) is 0 Å². The molecule has 0 saturated carbocycles. The third kappa shape index (κ3) is 5.90. The summed E-state index contributed by atoms with van der Waals surface area (Å²) in [5.41, 5.74) is 3.31. The van der Waals surface area contributed by atoms with Crippen LogP contribution in [0.2, 0.25) is 0 Å². The summed E-state index contributed by atoms with van der Waals surface area (Å²) in [7, 11) is 0. The second-order valence-electron chi connectivity index (χ2n) is 8.29. The Labute approximate surface area is 186 Å². The zero-order valence-corrected chi connectivity index (χ0v) is 19.0. The lowest BCUT2D eigenvalue weighted by molar-refractivity contribution is 0.0894. The van der Waals surface area contributed by atoms with E-state index in [1.165, 1.54) is 0 Å². The van der Waals surface area contributed by atoms with Gasteiger partial charge in [-0.2, -0.15) is 0 Å². The Morgan fingerprint density at radius 1 is 0.767 bits per heavy atom. The molecule has 0 N–H and O–H groups in total. The summed E-state index contributed by atoms with van der Waals surface area (Å²) in [5, 5.41) is 0. The van der Waals surface area contributed by atoms with Crippen molar-refractivity contribution in [3.63, 3.8) is 0 Å². The molecule has 0 fully saturated rings. The van der Waals surface area contributed by atoms with Crippen LogP contribution in [0.1, 0.15) is 59.0 Å². The van der Waals surface area contributed by atoms with Gasteiger partial charge in [0.2, 0.25) is 0 Å². The fourth-order valence-electron chi connectivity index (χ4n) is 2.99. The Bertz CT molecular complexity index is 1010. The van der Waals surface area contributed by atoms with Crippen LogP contribution in [-0.4, -0.2) is 11.6 Å². The molecule has 0 amide bonds. The topological polar surface area (TPSA) is 43.4 Å². The number of carbonyl (C=O) groups is 2. The Hall–Kier alpha value is -2.72. The number of carbonyl (C=O) groups excluding carboxylic acids is 2. The van der Waals surface area contributed by atoms with Gasteiger partial charge in [-0.3, -0.25) is 9.59 Å². The Morgan fingerprint density at radius 2 is 1.27 bits per heavy atom. The summed E-state index contributed by atoms with van der Waals surface area (Å²) in [6, 6.07) is 22.3. The SMILES string of the molecule is CC(C)(C)c1ccc(C(=O)CC(=O)c2ccc(OCc3ccc(Br)cc3)cc2)cc1. The molecular weight excluding hydrogens is 440 g/mol. The average Bonchev–Trinajstić information content (AvgIpc) is 2.73. The van der Waals surface area contributed by atoms with E-state index in [1.54, 1.807) is 36.4 Å². The lowest BCUT2D eigenvalue weighted by atomic mass is 9.86. The first-order valence-corrected chi connectivity index (χ1v) is 10.7. The fraction of sp³-hybridized carbons (Fsp3) is 0.231. The molecule has 0 bridgehead atoms. The molecule has 3 nitrogen and oxygen atoms in total. The molecule has 0 aliphatic carbocycles. The zero-order chi connectivity index (χ0) is 21.7. The molecule has 3 aromatic rings. The van der Waals surface area contributed by atoms with Gasteiger partial charge in [0.1, 0.15) is 12.4 Å². The van der Waals surface area contributed by atoms with E-state index in [0.29, 0.717) is 23.5 Å². The maximum absolute atomic E-state index is 12.5. The van der Waals surface area contributed by atoms with Crippen molar-refractivity contribution in [1.29, 1.82) is 0 Å². The van der Waals surface area contributed by atoms with Crippen LogP contribution in [0.15, 0.2) is 77.3 Å².